The highest BCUT2D eigenvalue weighted by atomic mass is 79.9. The van der Waals surface area contributed by atoms with E-state index in [0.717, 1.165) is 0 Å². The van der Waals surface area contributed by atoms with Crippen LogP contribution in [0.4, 0.5) is 4.39 Å². The second kappa shape index (κ2) is 6.82. The molecule has 1 aromatic heterocycles. The van der Waals surface area contributed by atoms with Crippen molar-refractivity contribution in [2.24, 2.45) is 4.99 Å². The molecule has 1 N–H and O–H groups in total. The molecule has 0 fully saturated rings. The molecule has 2 aromatic rings. The van der Waals surface area contributed by atoms with Crippen molar-refractivity contribution in [3.63, 3.8) is 0 Å². The van der Waals surface area contributed by atoms with Crippen LogP contribution in [0.2, 0.25) is 0 Å². The molecule has 0 radical (unpaired) electrons. The van der Waals surface area contributed by atoms with E-state index in [2.05, 4.69) is 31.2 Å². The molecular formula is C16H13BrFN3O2S. The monoisotopic (exact) mass is 409 g/mol. The summed E-state index contributed by atoms with van der Waals surface area (Å²) in [5.74, 6) is -0.288. The third-order valence-electron chi connectivity index (χ3n) is 3.54. The molecule has 8 heteroatoms. The zero-order chi connectivity index (χ0) is 17.3. The minimum absolute atomic E-state index is 0.371. The van der Waals surface area contributed by atoms with Crippen LogP contribution < -0.4 is 5.32 Å². The first-order valence-corrected chi connectivity index (χ1v) is 8.67. The van der Waals surface area contributed by atoms with Gasteiger partial charge in [-0.15, -0.1) is 11.3 Å². The fourth-order valence-electron chi connectivity index (χ4n) is 2.45. The summed E-state index contributed by atoms with van der Waals surface area (Å²) in [7, 11) is 1.32. The average Bonchev–Trinajstić information content (AvgIpc) is 3.08. The van der Waals surface area contributed by atoms with Crippen LogP contribution in [0.1, 0.15) is 23.5 Å². The molecule has 0 bridgehead atoms. The van der Waals surface area contributed by atoms with Crippen LogP contribution in [0.25, 0.3) is 0 Å². The lowest BCUT2D eigenvalue weighted by molar-refractivity contribution is -0.136. The average molecular weight is 410 g/mol. The number of methoxy groups -OCH3 is 1. The van der Waals surface area contributed by atoms with Crippen LogP contribution in [-0.4, -0.2) is 23.9 Å². The molecular weight excluding hydrogens is 397 g/mol. The first-order valence-electron chi connectivity index (χ1n) is 7.00. The number of allylic oxidation sites excluding steroid dienone is 1. The summed E-state index contributed by atoms with van der Waals surface area (Å²) in [6.07, 6.45) is 1.68. The summed E-state index contributed by atoms with van der Waals surface area (Å²) >= 11 is 4.79. The molecule has 1 atom stereocenters. The number of halogens is 2. The van der Waals surface area contributed by atoms with Crippen LogP contribution >= 0.6 is 27.3 Å². The predicted octanol–water partition coefficient (Wildman–Crippen LogP) is 3.58. The molecule has 1 aliphatic heterocycles. The third kappa shape index (κ3) is 3.11. The Bertz CT molecular complexity index is 849. The van der Waals surface area contributed by atoms with E-state index in [1.54, 1.807) is 19.2 Å². The first kappa shape index (κ1) is 16.8. The van der Waals surface area contributed by atoms with E-state index in [-0.39, 0.29) is 5.82 Å². The van der Waals surface area contributed by atoms with Crippen LogP contribution in [0.3, 0.4) is 0 Å². The number of benzene rings is 1. The van der Waals surface area contributed by atoms with Crippen LogP contribution in [0.5, 0.6) is 0 Å². The zero-order valence-electron chi connectivity index (χ0n) is 12.8. The van der Waals surface area contributed by atoms with Crippen molar-refractivity contribution in [1.29, 1.82) is 0 Å². The van der Waals surface area contributed by atoms with Gasteiger partial charge >= 0.3 is 5.97 Å². The van der Waals surface area contributed by atoms with Gasteiger partial charge in [-0.05, 0) is 24.6 Å². The molecule has 5 nitrogen and oxygen atoms in total. The second-order valence-electron chi connectivity index (χ2n) is 5.04. The molecule has 1 aliphatic rings. The van der Waals surface area contributed by atoms with Crippen LogP contribution in [0.15, 0.2) is 50.5 Å². The SMILES string of the molecule is COC(=O)C1=C(C)NC(c2nccs2)=NC1c1ccc(F)cc1Br. The molecule has 3 rings (SSSR count). The Morgan fingerprint density at radius 1 is 1.46 bits per heavy atom. The lowest BCUT2D eigenvalue weighted by Gasteiger charge is -2.25. The maximum Gasteiger partial charge on any atom is 0.338 e. The summed E-state index contributed by atoms with van der Waals surface area (Å²) in [5.41, 5.74) is 1.68. The Morgan fingerprint density at radius 3 is 2.88 bits per heavy atom. The van der Waals surface area contributed by atoms with Gasteiger partial charge in [0.05, 0.1) is 12.7 Å². The number of carbonyl (C=O) groups is 1. The number of nitrogens with zero attached hydrogens (tertiary/aromatic N) is 2. The number of thiazole rings is 1. The van der Waals surface area contributed by atoms with Gasteiger partial charge in [-0.1, -0.05) is 22.0 Å². The van der Waals surface area contributed by atoms with Crippen molar-refractivity contribution in [2.45, 2.75) is 13.0 Å². The summed E-state index contributed by atoms with van der Waals surface area (Å²) in [6.45, 7) is 1.78. The molecule has 0 spiro atoms. The van der Waals surface area contributed by atoms with Gasteiger partial charge in [0.1, 0.15) is 11.9 Å². The van der Waals surface area contributed by atoms with Crippen LogP contribution in [0, 0.1) is 5.82 Å². The highest BCUT2D eigenvalue weighted by Crippen LogP contribution is 2.36. The van der Waals surface area contributed by atoms with Gasteiger partial charge in [-0.25, -0.2) is 14.2 Å². The number of hydrogen-bond acceptors (Lipinski definition) is 6. The number of nitrogens with one attached hydrogen (secondary N) is 1. The van der Waals surface area contributed by atoms with E-state index < -0.39 is 12.0 Å². The molecule has 0 aliphatic carbocycles. The minimum atomic E-state index is -0.618. The largest absolute Gasteiger partial charge is 0.466 e. The summed E-state index contributed by atoms with van der Waals surface area (Å²) in [4.78, 5) is 21.1. The van der Waals surface area contributed by atoms with Gasteiger partial charge in [-0.2, -0.15) is 0 Å². The highest BCUT2D eigenvalue weighted by molar-refractivity contribution is 9.10. The normalized spacial score (nSPS) is 17.3. The zero-order valence-corrected chi connectivity index (χ0v) is 15.2. The Kier molecular flexibility index (Phi) is 4.77. The smallest absolute Gasteiger partial charge is 0.338 e. The van der Waals surface area contributed by atoms with Crippen molar-refractivity contribution < 1.29 is 13.9 Å². The van der Waals surface area contributed by atoms with Crippen molar-refractivity contribution in [1.82, 2.24) is 10.3 Å². The standard InChI is InChI=1S/C16H13BrFN3O2S/c1-8-12(16(22)23-2)13(10-4-3-9(18)7-11(10)17)21-14(20-8)15-19-5-6-24-15/h3-7,13H,1-2H3,(H,20,21). The number of esters is 1. The van der Waals surface area contributed by atoms with Gasteiger partial charge in [0.2, 0.25) is 0 Å². The molecule has 0 amide bonds. The number of amidine groups is 1. The third-order valence-corrected chi connectivity index (χ3v) is 5.01. The Balaban J connectivity index is 2.14. The first-order chi connectivity index (χ1) is 11.5. The molecule has 1 aromatic carbocycles. The van der Waals surface area contributed by atoms with E-state index in [0.29, 0.717) is 32.1 Å². The van der Waals surface area contributed by atoms with E-state index in [9.17, 15) is 9.18 Å². The lowest BCUT2D eigenvalue weighted by Crippen LogP contribution is -2.32. The van der Waals surface area contributed by atoms with Gasteiger partial charge in [-0.3, -0.25) is 4.99 Å². The van der Waals surface area contributed by atoms with Gasteiger partial charge in [0, 0.05) is 21.7 Å². The maximum atomic E-state index is 13.4. The Hall–Kier alpha value is -2.06. The van der Waals surface area contributed by atoms with Crippen molar-refractivity contribution in [3.05, 3.63) is 61.9 Å². The predicted molar refractivity (Wildman–Crippen MR) is 93.3 cm³/mol. The van der Waals surface area contributed by atoms with Gasteiger partial charge in [0.25, 0.3) is 0 Å². The minimum Gasteiger partial charge on any atom is -0.466 e. The Morgan fingerprint density at radius 2 is 2.25 bits per heavy atom. The van der Waals surface area contributed by atoms with Gasteiger partial charge < -0.3 is 10.1 Å². The van der Waals surface area contributed by atoms with Crippen LogP contribution in [-0.2, 0) is 9.53 Å². The van der Waals surface area contributed by atoms with Crippen molar-refractivity contribution in [3.8, 4) is 0 Å². The van der Waals surface area contributed by atoms with Crippen molar-refractivity contribution in [2.75, 3.05) is 7.11 Å². The maximum absolute atomic E-state index is 13.4. The fourth-order valence-corrected chi connectivity index (χ4v) is 3.60. The number of carbonyl (C=O) groups excluding carboxylic acids is 1. The van der Waals surface area contributed by atoms with Gasteiger partial charge in [0.15, 0.2) is 10.8 Å². The fraction of sp³-hybridized carbons (Fsp3) is 0.188. The Labute approximate surface area is 150 Å². The second-order valence-corrected chi connectivity index (χ2v) is 6.79. The molecule has 0 saturated heterocycles. The summed E-state index contributed by atoms with van der Waals surface area (Å²) in [5, 5.41) is 5.66. The number of rotatable bonds is 3. The molecule has 24 heavy (non-hydrogen) atoms. The quantitative estimate of drug-likeness (QED) is 0.786. The van der Waals surface area contributed by atoms with E-state index in [1.165, 1.54) is 30.6 Å². The molecule has 1 unspecified atom stereocenters. The van der Waals surface area contributed by atoms with Crippen molar-refractivity contribution >= 4 is 39.1 Å². The topological polar surface area (TPSA) is 63.6 Å². The van der Waals surface area contributed by atoms with E-state index in [4.69, 9.17) is 4.74 Å². The number of aliphatic imine (C=N–C) groups is 1. The molecule has 124 valence electrons. The lowest BCUT2D eigenvalue weighted by atomic mass is 9.96. The molecule has 0 saturated carbocycles. The number of aromatic nitrogens is 1. The number of hydrogen-bond donors (Lipinski definition) is 1. The number of ether oxygens (including phenoxy) is 1. The summed E-state index contributed by atoms with van der Waals surface area (Å²) in [6, 6.07) is 3.67. The highest BCUT2D eigenvalue weighted by Gasteiger charge is 2.32. The summed E-state index contributed by atoms with van der Waals surface area (Å²) < 4.78 is 18.8. The van der Waals surface area contributed by atoms with E-state index in [1.807, 2.05) is 5.38 Å². The van der Waals surface area contributed by atoms with E-state index >= 15 is 0 Å². The molecule has 2 heterocycles.